The summed E-state index contributed by atoms with van der Waals surface area (Å²) in [5.41, 5.74) is 8.60. The lowest BCUT2D eigenvalue weighted by molar-refractivity contribution is 0.618. The first-order chi connectivity index (χ1) is 10.1. The summed E-state index contributed by atoms with van der Waals surface area (Å²) in [4.78, 5) is 6.06. The largest absolute Gasteiger partial charge is 0.397 e. The Hall–Kier alpha value is -2.61. The van der Waals surface area contributed by atoms with Gasteiger partial charge in [-0.2, -0.15) is 5.26 Å². The summed E-state index contributed by atoms with van der Waals surface area (Å²) in [6.07, 6.45) is 3.85. The molecule has 0 bridgehead atoms. The monoisotopic (exact) mass is 284 g/mol. The third-order valence-electron chi connectivity index (χ3n) is 3.24. The van der Waals surface area contributed by atoms with Crippen molar-refractivity contribution in [3.63, 3.8) is 0 Å². The first kappa shape index (κ1) is 14.8. The highest BCUT2D eigenvalue weighted by Crippen LogP contribution is 2.28. The predicted octanol–water partition coefficient (Wildman–Crippen LogP) is 3.03. The van der Waals surface area contributed by atoms with Crippen LogP contribution in [0.3, 0.4) is 0 Å². The van der Waals surface area contributed by atoms with E-state index < -0.39 is 0 Å². The van der Waals surface area contributed by atoms with Crippen molar-refractivity contribution in [2.24, 2.45) is 0 Å². The molecular weight excluding hydrogens is 267 g/mol. The standard InChI is InChI=1S/C16H17FN4/c1-12-8-16(15(19)9-14(12)17)21(7-3-5-18)11-13-4-2-6-20-10-13/h2,4,6,8-10H,3,7,11,19H2,1H3. The molecule has 0 spiro atoms. The molecule has 108 valence electrons. The molecule has 4 nitrogen and oxygen atoms in total. The van der Waals surface area contributed by atoms with E-state index in [0.29, 0.717) is 30.8 Å². The van der Waals surface area contributed by atoms with Crippen molar-refractivity contribution < 1.29 is 4.39 Å². The topological polar surface area (TPSA) is 65.9 Å². The van der Waals surface area contributed by atoms with E-state index in [1.54, 1.807) is 25.4 Å². The zero-order chi connectivity index (χ0) is 15.2. The van der Waals surface area contributed by atoms with E-state index in [-0.39, 0.29) is 5.82 Å². The number of halogens is 1. The molecule has 2 N–H and O–H groups in total. The van der Waals surface area contributed by atoms with Gasteiger partial charge in [0.2, 0.25) is 0 Å². The molecule has 21 heavy (non-hydrogen) atoms. The summed E-state index contributed by atoms with van der Waals surface area (Å²) in [5, 5.41) is 8.82. The Morgan fingerprint density at radius 1 is 1.43 bits per heavy atom. The molecule has 5 heteroatoms. The second-order valence-electron chi connectivity index (χ2n) is 4.85. The molecule has 2 rings (SSSR count). The van der Waals surface area contributed by atoms with E-state index in [2.05, 4.69) is 11.1 Å². The molecule has 2 aromatic rings. The van der Waals surface area contributed by atoms with E-state index in [0.717, 1.165) is 11.3 Å². The number of pyridine rings is 1. The lowest BCUT2D eigenvalue weighted by atomic mass is 10.1. The van der Waals surface area contributed by atoms with Crippen molar-refractivity contribution in [1.29, 1.82) is 5.26 Å². The number of aryl methyl sites for hydroxylation is 1. The highest BCUT2D eigenvalue weighted by atomic mass is 19.1. The van der Waals surface area contributed by atoms with Crippen LogP contribution in [-0.2, 0) is 6.54 Å². The van der Waals surface area contributed by atoms with E-state index >= 15 is 0 Å². The fraction of sp³-hybridized carbons (Fsp3) is 0.250. The highest BCUT2D eigenvalue weighted by molar-refractivity contribution is 5.69. The van der Waals surface area contributed by atoms with Crippen LogP contribution in [0.25, 0.3) is 0 Å². The Balaban J connectivity index is 2.32. The van der Waals surface area contributed by atoms with Crippen molar-refractivity contribution >= 4 is 11.4 Å². The normalized spacial score (nSPS) is 10.1. The number of anilines is 2. The number of nitrogens with two attached hydrogens (primary N) is 1. The van der Waals surface area contributed by atoms with Gasteiger partial charge < -0.3 is 10.6 Å². The van der Waals surface area contributed by atoms with Gasteiger partial charge in [0.15, 0.2) is 0 Å². The minimum Gasteiger partial charge on any atom is -0.397 e. The highest BCUT2D eigenvalue weighted by Gasteiger charge is 2.13. The van der Waals surface area contributed by atoms with Crippen molar-refractivity contribution in [2.45, 2.75) is 19.9 Å². The Bertz CT molecular complexity index is 649. The van der Waals surface area contributed by atoms with Gasteiger partial charge in [-0.05, 0) is 36.2 Å². The number of rotatable bonds is 5. The van der Waals surface area contributed by atoms with Crippen molar-refractivity contribution in [3.05, 3.63) is 53.6 Å². The van der Waals surface area contributed by atoms with Crippen LogP contribution in [-0.4, -0.2) is 11.5 Å². The Morgan fingerprint density at radius 3 is 2.90 bits per heavy atom. The van der Waals surface area contributed by atoms with Crippen LogP contribution in [0.5, 0.6) is 0 Å². The molecule has 1 heterocycles. The third-order valence-corrected chi connectivity index (χ3v) is 3.24. The SMILES string of the molecule is Cc1cc(N(CCC#N)Cc2cccnc2)c(N)cc1F. The average Bonchev–Trinajstić information content (AvgIpc) is 2.48. The second kappa shape index (κ2) is 6.71. The van der Waals surface area contributed by atoms with Crippen molar-refractivity contribution in [3.8, 4) is 6.07 Å². The number of nitriles is 1. The summed E-state index contributed by atoms with van der Waals surface area (Å²) in [7, 11) is 0. The van der Waals surface area contributed by atoms with Crippen LogP contribution in [0.1, 0.15) is 17.5 Å². The van der Waals surface area contributed by atoms with Gasteiger partial charge in [-0.3, -0.25) is 4.98 Å². The van der Waals surface area contributed by atoms with Gasteiger partial charge in [0.1, 0.15) is 5.82 Å². The number of aromatic nitrogens is 1. The summed E-state index contributed by atoms with van der Waals surface area (Å²) in [6.45, 7) is 2.80. The van der Waals surface area contributed by atoms with Crippen LogP contribution in [0.4, 0.5) is 15.8 Å². The number of nitrogens with zero attached hydrogens (tertiary/aromatic N) is 3. The summed E-state index contributed by atoms with van der Waals surface area (Å²) in [6, 6.07) is 8.99. The molecule has 0 radical (unpaired) electrons. The van der Waals surface area contributed by atoms with E-state index in [9.17, 15) is 4.39 Å². The summed E-state index contributed by atoms with van der Waals surface area (Å²) in [5.74, 6) is -0.321. The summed E-state index contributed by atoms with van der Waals surface area (Å²) >= 11 is 0. The first-order valence-electron chi connectivity index (χ1n) is 6.68. The van der Waals surface area contributed by atoms with Gasteiger partial charge in [-0.15, -0.1) is 0 Å². The van der Waals surface area contributed by atoms with Crippen molar-refractivity contribution in [2.75, 3.05) is 17.2 Å². The number of benzene rings is 1. The zero-order valence-corrected chi connectivity index (χ0v) is 11.9. The molecule has 0 aliphatic rings. The molecule has 0 unspecified atom stereocenters. The van der Waals surface area contributed by atoms with E-state index in [1.807, 2.05) is 17.0 Å². The zero-order valence-electron chi connectivity index (χ0n) is 11.9. The summed E-state index contributed by atoms with van der Waals surface area (Å²) < 4.78 is 13.5. The lowest BCUT2D eigenvalue weighted by Crippen LogP contribution is -2.25. The van der Waals surface area contributed by atoms with Gasteiger partial charge in [-0.1, -0.05) is 6.07 Å². The van der Waals surface area contributed by atoms with Gasteiger partial charge in [0.05, 0.1) is 23.9 Å². The Morgan fingerprint density at radius 2 is 2.24 bits per heavy atom. The molecule has 0 saturated carbocycles. The van der Waals surface area contributed by atoms with Gasteiger partial charge >= 0.3 is 0 Å². The Kier molecular flexibility index (Phi) is 4.72. The average molecular weight is 284 g/mol. The molecule has 0 saturated heterocycles. The van der Waals surface area contributed by atoms with Crippen LogP contribution < -0.4 is 10.6 Å². The molecule has 1 aromatic heterocycles. The smallest absolute Gasteiger partial charge is 0.128 e. The molecule has 0 aliphatic heterocycles. The van der Waals surface area contributed by atoms with Crippen molar-refractivity contribution in [1.82, 2.24) is 4.98 Å². The maximum absolute atomic E-state index is 13.5. The van der Waals surface area contributed by atoms with E-state index in [4.69, 9.17) is 11.0 Å². The number of nitrogen functional groups attached to an aromatic ring is 1. The number of hydrogen-bond acceptors (Lipinski definition) is 4. The van der Waals surface area contributed by atoms with Gasteiger partial charge in [0.25, 0.3) is 0 Å². The van der Waals surface area contributed by atoms with Crippen LogP contribution >= 0.6 is 0 Å². The molecule has 0 aliphatic carbocycles. The maximum Gasteiger partial charge on any atom is 0.128 e. The first-order valence-corrected chi connectivity index (χ1v) is 6.68. The van der Waals surface area contributed by atoms with Crippen LogP contribution in [0, 0.1) is 24.1 Å². The fourth-order valence-electron chi connectivity index (χ4n) is 2.14. The lowest BCUT2D eigenvalue weighted by Gasteiger charge is -2.26. The second-order valence-corrected chi connectivity index (χ2v) is 4.85. The number of hydrogen-bond donors (Lipinski definition) is 1. The quantitative estimate of drug-likeness (QED) is 0.857. The molecule has 1 aromatic carbocycles. The third kappa shape index (κ3) is 3.69. The molecule has 0 atom stereocenters. The minimum absolute atomic E-state index is 0.321. The van der Waals surface area contributed by atoms with E-state index in [1.165, 1.54) is 6.07 Å². The minimum atomic E-state index is -0.321. The van der Waals surface area contributed by atoms with Crippen LogP contribution in [0.2, 0.25) is 0 Å². The van der Waals surface area contributed by atoms with Crippen LogP contribution in [0.15, 0.2) is 36.7 Å². The fourth-order valence-corrected chi connectivity index (χ4v) is 2.14. The molecular formula is C16H17FN4. The molecule has 0 fully saturated rings. The predicted molar refractivity (Wildman–Crippen MR) is 81.1 cm³/mol. The Labute approximate surface area is 123 Å². The maximum atomic E-state index is 13.5. The molecule has 0 amide bonds. The van der Waals surface area contributed by atoms with Gasteiger partial charge in [0, 0.05) is 25.5 Å². The van der Waals surface area contributed by atoms with Gasteiger partial charge in [-0.25, -0.2) is 4.39 Å².